The second-order valence-corrected chi connectivity index (χ2v) is 6.85. The molecular formula is C19H23N5O. The predicted octanol–water partition coefficient (Wildman–Crippen LogP) is 3.48. The highest BCUT2D eigenvalue weighted by Gasteiger charge is 2.29. The minimum absolute atomic E-state index is 0.123. The highest BCUT2D eigenvalue weighted by molar-refractivity contribution is 5.94. The first-order chi connectivity index (χ1) is 12.2. The summed E-state index contributed by atoms with van der Waals surface area (Å²) in [7, 11) is 0. The van der Waals surface area contributed by atoms with Gasteiger partial charge in [-0.05, 0) is 56.9 Å². The van der Waals surface area contributed by atoms with Crippen LogP contribution in [0.2, 0.25) is 0 Å². The first-order valence-electron chi connectivity index (χ1n) is 8.96. The summed E-state index contributed by atoms with van der Waals surface area (Å²) >= 11 is 0. The summed E-state index contributed by atoms with van der Waals surface area (Å²) in [5, 5.41) is 6.21. The molecule has 2 fully saturated rings. The number of nitrogens with one attached hydrogen (secondary N) is 2. The fraction of sp³-hybridized carbons (Fsp3) is 0.421. The van der Waals surface area contributed by atoms with Crippen LogP contribution in [0.15, 0.2) is 30.3 Å². The Balaban J connectivity index is 1.45. The van der Waals surface area contributed by atoms with Crippen LogP contribution in [0, 0.1) is 12.8 Å². The van der Waals surface area contributed by atoms with E-state index in [0.717, 1.165) is 48.8 Å². The lowest BCUT2D eigenvalue weighted by atomic mass is 10.2. The van der Waals surface area contributed by atoms with E-state index in [-0.39, 0.29) is 11.8 Å². The Labute approximate surface area is 147 Å². The number of aromatic nitrogens is 2. The van der Waals surface area contributed by atoms with E-state index in [1.165, 1.54) is 12.8 Å². The van der Waals surface area contributed by atoms with Gasteiger partial charge in [0.25, 0.3) is 0 Å². The monoisotopic (exact) mass is 337 g/mol. The number of amides is 1. The first-order valence-corrected chi connectivity index (χ1v) is 8.96. The summed E-state index contributed by atoms with van der Waals surface area (Å²) in [5.74, 6) is 1.93. The van der Waals surface area contributed by atoms with Crippen LogP contribution in [-0.4, -0.2) is 29.0 Å². The molecule has 1 aromatic heterocycles. The Morgan fingerprint density at radius 2 is 1.76 bits per heavy atom. The number of hydrogen-bond donors (Lipinski definition) is 2. The summed E-state index contributed by atoms with van der Waals surface area (Å²) in [6.45, 7) is 4.11. The average Bonchev–Trinajstić information content (AvgIpc) is 3.31. The lowest BCUT2D eigenvalue weighted by Crippen LogP contribution is -2.19. The molecule has 6 nitrogen and oxygen atoms in total. The molecule has 0 bridgehead atoms. The van der Waals surface area contributed by atoms with Crippen LogP contribution >= 0.6 is 0 Å². The molecule has 130 valence electrons. The van der Waals surface area contributed by atoms with E-state index in [1.807, 2.05) is 37.3 Å². The lowest BCUT2D eigenvalue weighted by Gasteiger charge is -2.17. The Morgan fingerprint density at radius 1 is 1.08 bits per heavy atom. The Kier molecular flexibility index (Phi) is 4.26. The molecule has 1 saturated carbocycles. The normalized spacial score (nSPS) is 16.8. The number of anilines is 4. The van der Waals surface area contributed by atoms with Crippen molar-refractivity contribution in [3.8, 4) is 0 Å². The SMILES string of the molecule is Cc1cc(N2CCCC2)nc(Nc2ccc(NC(=O)C3CC3)cc2)n1. The molecule has 0 atom stereocenters. The van der Waals surface area contributed by atoms with E-state index in [4.69, 9.17) is 0 Å². The largest absolute Gasteiger partial charge is 0.356 e. The van der Waals surface area contributed by atoms with E-state index in [1.54, 1.807) is 0 Å². The molecule has 0 unspecified atom stereocenters. The molecule has 2 N–H and O–H groups in total. The van der Waals surface area contributed by atoms with Gasteiger partial charge in [0.1, 0.15) is 5.82 Å². The van der Waals surface area contributed by atoms with Crippen molar-refractivity contribution in [3.05, 3.63) is 36.0 Å². The maximum Gasteiger partial charge on any atom is 0.229 e. The van der Waals surface area contributed by atoms with Gasteiger partial charge in [0.05, 0.1) is 0 Å². The van der Waals surface area contributed by atoms with Crippen molar-refractivity contribution in [1.29, 1.82) is 0 Å². The minimum atomic E-state index is 0.123. The van der Waals surface area contributed by atoms with E-state index in [2.05, 4.69) is 25.5 Å². The van der Waals surface area contributed by atoms with Crippen molar-refractivity contribution >= 4 is 29.0 Å². The number of hydrogen-bond acceptors (Lipinski definition) is 5. The zero-order valence-corrected chi connectivity index (χ0v) is 14.5. The van der Waals surface area contributed by atoms with E-state index >= 15 is 0 Å². The fourth-order valence-corrected chi connectivity index (χ4v) is 3.07. The van der Waals surface area contributed by atoms with E-state index in [9.17, 15) is 4.79 Å². The highest BCUT2D eigenvalue weighted by Crippen LogP contribution is 2.30. The van der Waals surface area contributed by atoms with E-state index in [0.29, 0.717) is 5.95 Å². The van der Waals surface area contributed by atoms with Crippen LogP contribution in [0.3, 0.4) is 0 Å². The molecule has 0 spiro atoms. The smallest absolute Gasteiger partial charge is 0.229 e. The highest BCUT2D eigenvalue weighted by atomic mass is 16.2. The van der Waals surface area contributed by atoms with Gasteiger partial charge in [-0.3, -0.25) is 4.79 Å². The molecule has 1 saturated heterocycles. The van der Waals surface area contributed by atoms with Crippen LogP contribution in [0.1, 0.15) is 31.4 Å². The van der Waals surface area contributed by atoms with Crippen LogP contribution < -0.4 is 15.5 Å². The Morgan fingerprint density at radius 3 is 2.44 bits per heavy atom. The second-order valence-electron chi connectivity index (χ2n) is 6.85. The molecular weight excluding hydrogens is 314 g/mol. The maximum atomic E-state index is 11.8. The number of rotatable bonds is 5. The average molecular weight is 337 g/mol. The van der Waals surface area contributed by atoms with Crippen molar-refractivity contribution in [3.63, 3.8) is 0 Å². The zero-order valence-electron chi connectivity index (χ0n) is 14.5. The van der Waals surface area contributed by atoms with Gasteiger partial charge in [-0.1, -0.05) is 0 Å². The van der Waals surface area contributed by atoms with Gasteiger partial charge in [-0.2, -0.15) is 4.98 Å². The summed E-state index contributed by atoms with van der Waals surface area (Å²) in [5.41, 5.74) is 2.68. The number of nitrogens with zero attached hydrogens (tertiary/aromatic N) is 3. The van der Waals surface area contributed by atoms with Crippen molar-refractivity contribution in [1.82, 2.24) is 9.97 Å². The van der Waals surface area contributed by atoms with Crippen LogP contribution in [-0.2, 0) is 4.79 Å². The lowest BCUT2D eigenvalue weighted by molar-refractivity contribution is -0.117. The third-order valence-corrected chi connectivity index (χ3v) is 4.63. The van der Waals surface area contributed by atoms with Gasteiger partial charge in [0, 0.05) is 42.1 Å². The van der Waals surface area contributed by atoms with Crippen LogP contribution in [0.5, 0.6) is 0 Å². The van der Waals surface area contributed by atoms with Gasteiger partial charge in [-0.25, -0.2) is 4.98 Å². The van der Waals surface area contributed by atoms with Gasteiger partial charge in [-0.15, -0.1) is 0 Å². The molecule has 1 aliphatic carbocycles. The summed E-state index contributed by atoms with van der Waals surface area (Å²) < 4.78 is 0. The van der Waals surface area contributed by atoms with Gasteiger partial charge in [0.15, 0.2) is 0 Å². The zero-order chi connectivity index (χ0) is 17.2. The van der Waals surface area contributed by atoms with Crippen molar-refractivity contribution < 1.29 is 4.79 Å². The maximum absolute atomic E-state index is 11.8. The van der Waals surface area contributed by atoms with E-state index < -0.39 is 0 Å². The molecule has 4 rings (SSSR count). The van der Waals surface area contributed by atoms with Crippen molar-refractivity contribution in [2.24, 2.45) is 5.92 Å². The molecule has 1 amide bonds. The summed E-state index contributed by atoms with van der Waals surface area (Å²) in [6, 6.07) is 9.71. The van der Waals surface area contributed by atoms with Gasteiger partial charge >= 0.3 is 0 Å². The van der Waals surface area contributed by atoms with Crippen LogP contribution in [0.4, 0.5) is 23.1 Å². The fourth-order valence-electron chi connectivity index (χ4n) is 3.07. The van der Waals surface area contributed by atoms with Crippen molar-refractivity contribution in [2.75, 3.05) is 28.6 Å². The molecule has 2 heterocycles. The molecule has 1 aromatic carbocycles. The third kappa shape index (κ3) is 3.90. The number of carbonyl (C=O) groups excluding carboxylic acids is 1. The molecule has 2 aromatic rings. The van der Waals surface area contributed by atoms with Gasteiger partial charge < -0.3 is 15.5 Å². The van der Waals surface area contributed by atoms with Crippen molar-refractivity contribution in [2.45, 2.75) is 32.6 Å². The molecule has 25 heavy (non-hydrogen) atoms. The standard InChI is InChI=1S/C19H23N5O/c1-13-12-17(24-10-2-3-11-24)23-19(20-13)22-16-8-6-15(7-9-16)21-18(25)14-4-5-14/h6-9,12,14H,2-5,10-11H2,1H3,(H,21,25)(H,20,22,23). The number of aryl methyl sites for hydroxylation is 1. The quantitative estimate of drug-likeness (QED) is 0.874. The number of benzene rings is 1. The predicted molar refractivity (Wildman–Crippen MR) is 99.3 cm³/mol. The van der Waals surface area contributed by atoms with Crippen LogP contribution in [0.25, 0.3) is 0 Å². The minimum Gasteiger partial charge on any atom is -0.356 e. The summed E-state index contributed by atoms with van der Waals surface area (Å²) in [4.78, 5) is 23.2. The molecule has 0 radical (unpaired) electrons. The van der Waals surface area contributed by atoms with Gasteiger partial charge in [0.2, 0.25) is 11.9 Å². The Hall–Kier alpha value is -2.63. The second kappa shape index (κ2) is 6.70. The molecule has 1 aliphatic heterocycles. The third-order valence-electron chi connectivity index (χ3n) is 4.63. The molecule has 2 aliphatic rings. The topological polar surface area (TPSA) is 70.2 Å². The summed E-state index contributed by atoms with van der Waals surface area (Å²) in [6.07, 6.45) is 4.46. The Bertz CT molecular complexity index is 764. The number of carbonyl (C=O) groups is 1. The first kappa shape index (κ1) is 15.9. The molecule has 6 heteroatoms.